The number of methoxy groups -OCH3 is 1. The van der Waals surface area contributed by atoms with Gasteiger partial charge in [-0.25, -0.2) is 0 Å². The first-order valence-electron chi connectivity index (χ1n) is 10.4. The molecule has 164 valence electrons. The van der Waals surface area contributed by atoms with E-state index >= 15 is 0 Å². The fourth-order valence-electron chi connectivity index (χ4n) is 2.84. The first kappa shape index (κ1) is 24.1. The number of nitrogens with one attached hydrogen (secondary N) is 1. The molecule has 2 aromatic carbocycles. The number of carbonyl (C=O) groups is 1. The van der Waals surface area contributed by atoms with Gasteiger partial charge < -0.3 is 20.3 Å². The van der Waals surface area contributed by atoms with Crippen LogP contribution in [0.2, 0.25) is 0 Å². The Balaban J connectivity index is 1.61. The molecule has 0 saturated carbocycles. The van der Waals surface area contributed by atoms with Crippen molar-refractivity contribution >= 4 is 11.6 Å². The zero-order valence-corrected chi connectivity index (χ0v) is 17.9. The van der Waals surface area contributed by atoms with Crippen LogP contribution in [0, 0.1) is 0 Å². The molecule has 0 radical (unpaired) electrons. The van der Waals surface area contributed by atoms with E-state index in [1.807, 2.05) is 54.6 Å². The molecule has 31 heavy (non-hydrogen) atoms. The van der Waals surface area contributed by atoms with E-state index in [0.29, 0.717) is 12.8 Å². The Kier molecular flexibility index (Phi) is 10.9. The molecule has 5 nitrogen and oxygen atoms in total. The van der Waals surface area contributed by atoms with Gasteiger partial charge in [0, 0.05) is 12.1 Å². The molecule has 0 heterocycles. The zero-order chi connectivity index (χ0) is 22.3. The van der Waals surface area contributed by atoms with Crippen LogP contribution in [0.15, 0.2) is 91.1 Å². The molecular formula is C26H31NO4. The van der Waals surface area contributed by atoms with E-state index in [9.17, 15) is 15.0 Å². The first-order valence-corrected chi connectivity index (χ1v) is 10.4. The van der Waals surface area contributed by atoms with Gasteiger partial charge in [0.2, 0.25) is 5.91 Å². The lowest BCUT2D eigenvalue weighted by Gasteiger charge is -2.06. The number of aryl methyl sites for hydroxylation is 1. The van der Waals surface area contributed by atoms with Crippen LogP contribution in [0.1, 0.15) is 24.8 Å². The van der Waals surface area contributed by atoms with Gasteiger partial charge in [0.05, 0.1) is 19.3 Å². The molecule has 0 aromatic heterocycles. The third-order valence-corrected chi connectivity index (χ3v) is 4.61. The smallest absolute Gasteiger partial charge is 0.224 e. The van der Waals surface area contributed by atoms with Crippen molar-refractivity contribution in [2.45, 2.75) is 37.9 Å². The van der Waals surface area contributed by atoms with Crippen molar-refractivity contribution < 1.29 is 19.7 Å². The Labute approximate surface area is 184 Å². The number of hydrogen-bond donors (Lipinski definition) is 3. The third kappa shape index (κ3) is 10.4. The maximum atomic E-state index is 11.9. The Morgan fingerprint density at radius 2 is 1.52 bits per heavy atom. The van der Waals surface area contributed by atoms with Crippen LogP contribution in [0.4, 0.5) is 5.69 Å². The summed E-state index contributed by atoms with van der Waals surface area (Å²) in [7, 11) is 1.64. The molecule has 2 rings (SSSR count). The van der Waals surface area contributed by atoms with Gasteiger partial charge in [-0.05, 0) is 49.1 Å². The van der Waals surface area contributed by atoms with Gasteiger partial charge in [0.15, 0.2) is 0 Å². The lowest BCUT2D eigenvalue weighted by atomic mass is 10.1. The summed E-state index contributed by atoms with van der Waals surface area (Å²) in [5.74, 6) is 0.698. The van der Waals surface area contributed by atoms with Gasteiger partial charge in [-0.2, -0.15) is 0 Å². The highest BCUT2D eigenvalue weighted by Gasteiger charge is 2.05. The van der Waals surface area contributed by atoms with Crippen LogP contribution in [0.5, 0.6) is 5.75 Å². The van der Waals surface area contributed by atoms with Gasteiger partial charge in [-0.15, -0.1) is 0 Å². The largest absolute Gasteiger partial charge is 0.497 e. The zero-order valence-electron chi connectivity index (χ0n) is 17.9. The second kappa shape index (κ2) is 14.0. The second-order valence-electron chi connectivity index (χ2n) is 7.13. The Morgan fingerprint density at radius 1 is 0.903 bits per heavy atom. The lowest BCUT2D eigenvalue weighted by Crippen LogP contribution is -2.14. The molecule has 0 aliphatic carbocycles. The summed E-state index contributed by atoms with van der Waals surface area (Å²) in [6.45, 7) is 0. The summed E-state index contributed by atoms with van der Waals surface area (Å²) in [6.07, 6.45) is 11.2. The average Bonchev–Trinajstić information content (AvgIpc) is 2.79. The number of carbonyl (C=O) groups excluding carboxylic acids is 1. The highest BCUT2D eigenvalue weighted by Crippen LogP contribution is 2.13. The summed E-state index contributed by atoms with van der Waals surface area (Å²) in [5.41, 5.74) is 1.90. The van der Waals surface area contributed by atoms with E-state index in [1.54, 1.807) is 43.6 Å². The molecule has 0 bridgehead atoms. The molecule has 0 spiro atoms. The summed E-state index contributed by atoms with van der Waals surface area (Å²) in [6, 6.07) is 17.1. The van der Waals surface area contributed by atoms with Crippen LogP contribution in [0.25, 0.3) is 0 Å². The summed E-state index contributed by atoms with van der Waals surface area (Å²) in [4.78, 5) is 11.9. The Morgan fingerprint density at radius 3 is 2.13 bits per heavy atom. The van der Waals surface area contributed by atoms with E-state index in [1.165, 1.54) is 0 Å². The summed E-state index contributed by atoms with van der Waals surface area (Å²) < 4.78 is 5.13. The van der Waals surface area contributed by atoms with Gasteiger partial charge in [0.1, 0.15) is 5.75 Å². The first-order chi connectivity index (χ1) is 15.1. The monoisotopic (exact) mass is 421 g/mol. The summed E-state index contributed by atoms with van der Waals surface area (Å²) >= 11 is 0. The van der Waals surface area contributed by atoms with E-state index in [0.717, 1.165) is 23.4 Å². The molecule has 2 atom stereocenters. The molecule has 2 unspecified atom stereocenters. The fourth-order valence-corrected chi connectivity index (χ4v) is 2.84. The van der Waals surface area contributed by atoms with Crippen molar-refractivity contribution in [3.8, 4) is 5.75 Å². The number of benzene rings is 2. The fraction of sp³-hybridized carbons (Fsp3) is 0.269. The maximum Gasteiger partial charge on any atom is 0.224 e. The van der Waals surface area contributed by atoms with E-state index in [4.69, 9.17) is 4.74 Å². The number of aliphatic hydroxyl groups excluding tert-OH is 2. The Hall–Kier alpha value is -3.15. The van der Waals surface area contributed by atoms with Gasteiger partial charge in [-0.1, -0.05) is 66.8 Å². The van der Waals surface area contributed by atoms with Gasteiger partial charge in [-0.3, -0.25) is 4.79 Å². The third-order valence-electron chi connectivity index (χ3n) is 4.61. The molecule has 0 fully saturated rings. The number of hydrogen-bond acceptors (Lipinski definition) is 4. The number of ether oxygens (including phenoxy) is 1. The number of para-hydroxylation sites is 1. The van der Waals surface area contributed by atoms with E-state index in [-0.39, 0.29) is 12.3 Å². The van der Waals surface area contributed by atoms with Crippen molar-refractivity contribution in [3.05, 3.63) is 96.6 Å². The topological polar surface area (TPSA) is 78.8 Å². The minimum Gasteiger partial charge on any atom is -0.497 e. The predicted molar refractivity (Wildman–Crippen MR) is 125 cm³/mol. The van der Waals surface area contributed by atoms with Crippen LogP contribution >= 0.6 is 0 Å². The number of aliphatic hydroxyl groups is 2. The van der Waals surface area contributed by atoms with Crippen molar-refractivity contribution in [3.63, 3.8) is 0 Å². The normalized spacial score (nSPS) is 13.6. The molecular weight excluding hydrogens is 390 g/mol. The second-order valence-corrected chi connectivity index (χ2v) is 7.13. The van der Waals surface area contributed by atoms with Crippen molar-refractivity contribution in [1.29, 1.82) is 0 Å². The highest BCUT2D eigenvalue weighted by molar-refractivity contribution is 5.90. The minimum atomic E-state index is -0.690. The van der Waals surface area contributed by atoms with Crippen molar-refractivity contribution in [1.82, 2.24) is 0 Å². The number of amides is 1. The van der Waals surface area contributed by atoms with Crippen molar-refractivity contribution in [2.75, 3.05) is 12.4 Å². The standard InChI is InChI=1S/C26H31NO4/c1-31-25-18-14-21(15-19-25)13-16-23(28)11-7-2-3-8-12-24(29)17-20-26(30)27-22-9-5-4-6-10-22/h2-12,14-15,18-19,23-24,28-29H,13,16-17,20H2,1H3,(H,27,30)/b3-2-,11-7+,12-8+. The molecule has 3 N–H and O–H groups in total. The SMILES string of the molecule is COc1ccc(CCC(O)/C=C/C=C\C=C\C(O)CCC(=O)Nc2ccccc2)cc1. The molecule has 2 aromatic rings. The quantitative estimate of drug-likeness (QED) is 0.443. The van der Waals surface area contributed by atoms with E-state index in [2.05, 4.69) is 5.32 Å². The van der Waals surface area contributed by atoms with Crippen LogP contribution < -0.4 is 10.1 Å². The van der Waals surface area contributed by atoms with Crippen LogP contribution in [-0.4, -0.2) is 35.4 Å². The number of rotatable bonds is 12. The van der Waals surface area contributed by atoms with Crippen molar-refractivity contribution in [2.24, 2.45) is 0 Å². The summed E-state index contributed by atoms with van der Waals surface area (Å²) in [5, 5.41) is 22.8. The number of allylic oxidation sites excluding steroid dienone is 4. The van der Waals surface area contributed by atoms with Gasteiger partial charge >= 0.3 is 0 Å². The molecule has 0 saturated heterocycles. The van der Waals surface area contributed by atoms with Crippen LogP contribution in [-0.2, 0) is 11.2 Å². The van der Waals surface area contributed by atoms with Crippen LogP contribution in [0.3, 0.4) is 0 Å². The molecule has 0 aliphatic rings. The number of anilines is 1. The van der Waals surface area contributed by atoms with E-state index < -0.39 is 12.2 Å². The Bertz CT molecular complexity index is 857. The molecule has 5 heteroatoms. The molecule has 0 aliphatic heterocycles. The van der Waals surface area contributed by atoms with Gasteiger partial charge in [0.25, 0.3) is 0 Å². The average molecular weight is 422 g/mol. The minimum absolute atomic E-state index is 0.124. The maximum absolute atomic E-state index is 11.9. The molecule has 1 amide bonds. The predicted octanol–water partition coefficient (Wildman–Crippen LogP) is 4.44. The lowest BCUT2D eigenvalue weighted by molar-refractivity contribution is -0.116. The highest BCUT2D eigenvalue weighted by atomic mass is 16.5.